The molecule has 2 N–H and O–H groups in total. The van der Waals surface area contributed by atoms with Gasteiger partial charge in [-0.15, -0.1) is 40.9 Å². The summed E-state index contributed by atoms with van der Waals surface area (Å²) in [5.41, 5.74) is 12.0. The third-order valence-electron chi connectivity index (χ3n) is 23.6. The number of benzene rings is 4. The Bertz CT molecular complexity index is 6360. The molecule has 31 nitrogen and oxygen atoms in total. The SMILES string of the molecule is CCC(C)c1ccc(-c2nc(N(CC)CC)sc2N=Nc2snc(C(C)(C)C)c2C#N)cc1.CCC(C)c1ccc(-c2nc(N(CC)CC)sc2N=Nc2snc(CCOC(=O)CCC(=O)O)c2C#N)cc1.CCC(C)c1ccc(-c2nc(N(CC)CC)sc2N=Nc2snc3ccccc23)cc1.[C-]#[N+]c1c(C)nsc1N=Nc1sc(N2CCC(OC(=O)C(C)(C)CC)CC2)nc1NC(=O)C(C)(C)C. The quantitative estimate of drug-likeness (QED) is 0.0207. The van der Waals surface area contributed by atoms with Gasteiger partial charge in [0, 0.05) is 105 Å². The molecule has 0 aliphatic carbocycles. The van der Waals surface area contributed by atoms with Crippen molar-refractivity contribution in [3.8, 4) is 45.9 Å². The van der Waals surface area contributed by atoms with Crippen LogP contribution in [0.4, 0.5) is 72.0 Å². The number of ether oxygens (including phenoxy) is 2. The minimum absolute atomic E-state index is 0.00762. The van der Waals surface area contributed by atoms with E-state index >= 15 is 0 Å². The lowest BCUT2D eigenvalue weighted by Crippen LogP contribution is -2.39. The van der Waals surface area contributed by atoms with Crippen LogP contribution in [-0.4, -0.2) is 131 Å². The third kappa shape index (κ3) is 28.9. The van der Waals surface area contributed by atoms with Crippen molar-refractivity contribution in [2.24, 2.45) is 51.7 Å². The first-order valence-corrected chi connectivity index (χ1v) is 53.3. The number of fused-ring (bicyclic) bond motifs is 1. The average molecular weight is 2030 g/mol. The average Bonchev–Trinajstić information content (AvgIpc) is 1.74. The van der Waals surface area contributed by atoms with Crippen LogP contribution in [0.3, 0.4) is 0 Å². The first-order chi connectivity index (χ1) is 66.5. The fraction of sp³-hybridized carbons (Fsp3) is 0.470. The van der Waals surface area contributed by atoms with Crippen molar-refractivity contribution in [2.45, 2.75) is 239 Å². The number of rotatable bonds is 37. The van der Waals surface area contributed by atoms with Crippen molar-refractivity contribution < 1.29 is 33.8 Å². The van der Waals surface area contributed by atoms with Crippen LogP contribution in [0, 0.1) is 47.0 Å². The molecule has 4 aromatic carbocycles. The van der Waals surface area contributed by atoms with Gasteiger partial charge in [-0.05, 0) is 181 Å². The highest BCUT2D eigenvalue weighted by molar-refractivity contribution is 7.21. The highest BCUT2D eigenvalue weighted by atomic mass is 32.1. The molecule has 1 aliphatic heterocycles. The van der Waals surface area contributed by atoms with E-state index in [1.165, 1.54) is 73.8 Å². The number of aliphatic carboxylic acids is 1. The largest absolute Gasteiger partial charge is 0.481 e. The summed E-state index contributed by atoms with van der Waals surface area (Å²) in [4.78, 5) is 79.0. The number of carbonyl (C=O) groups excluding carboxylic acids is 3. The Morgan fingerprint density at radius 3 is 1.40 bits per heavy atom. The van der Waals surface area contributed by atoms with Gasteiger partial charge in [0.15, 0.2) is 66.4 Å². The maximum atomic E-state index is 12.7. The van der Waals surface area contributed by atoms with E-state index in [2.05, 4.69) is 261 Å². The van der Waals surface area contributed by atoms with Crippen LogP contribution in [0.15, 0.2) is 138 Å². The normalized spacial score (nSPS) is 13.1. The van der Waals surface area contributed by atoms with Gasteiger partial charge in [-0.1, -0.05) is 220 Å². The monoisotopic (exact) mass is 2030 g/mol. The van der Waals surface area contributed by atoms with Gasteiger partial charge in [-0.25, -0.2) is 29.2 Å². The smallest absolute Gasteiger partial charge is 0.311 e. The molecule has 1 fully saturated rings. The van der Waals surface area contributed by atoms with Crippen molar-refractivity contribution in [3.63, 3.8) is 0 Å². The Hall–Kier alpha value is -11.9. The Kier molecular flexibility index (Phi) is 40.3. The molecule has 1 aliphatic rings. The number of amides is 1. The van der Waals surface area contributed by atoms with Crippen LogP contribution in [0.25, 0.3) is 49.5 Å². The van der Waals surface area contributed by atoms with Crippen molar-refractivity contribution in [1.29, 1.82) is 10.5 Å². The molecule has 3 unspecified atom stereocenters. The highest BCUT2D eigenvalue weighted by Crippen LogP contribution is 2.49. The first kappa shape index (κ1) is 109. The molecule has 734 valence electrons. The standard InChI is InChI=1S/C27H32N6O4S2.C25H32N6S2.C24H33N7O3S2.C24H27N5S2/c1-5-17(4)18-8-10-19(11-9-18)24-26(38-27(29-24)33(6-2)7-3)31-30-25-20(16-28)21(32-39-25)14-15-37-23(36)13-12-22(34)35;1-8-16(4)17-11-13-18(14-12-17)20-23(32-24(27-20)31(9-2)10-3)29-28-22-19(15-26)21(30-33-22)25(5,6)7;1-9-24(6,7)21(33)34-15-10-12-31(13-11-15)22-27-17(26-20(32)23(3,4)5)19(35-22)29-28-18-16(25-8)14(2)30-36-18;1-5-16(4)17-12-14-18(15-13-17)21-23(30-24(25-21)29(6-2)7-3)27-26-22-19-10-8-9-11-20(19)28-31-22/h8-11,17H,5-7,12-15H2,1-4H3,(H,34,35);11-14,16H,8-10H2,1-7H3;15H,9-13H2,1-7H3,(H,26,32);8-16H,5-7H2,1-4H3. The molecule has 0 bridgehead atoms. The number of anilines is 5. The number of hydrogen-bond donors (Lipinski definition) is 2. The van der Waals surface area contributed by atoms with Gasteiger partial charge in [0.05, 0.1) is 54.0 Å². The van der Waals surface area contributed by atoms with Gasteiger partial charge >= 0.3 is 17.9 Å². The number of esters is 2. The molecule has 8 aromatic heterocycles. The minimum Gasteiger partial charge on any atom is -0.481 e. The summed E-state index contributed by atoms with van der Waals surface area (Å²) < 4.78 is 28.3. The zero-order valence-corrected chi connectivity index (χ0v) is 89.8. The fourth-order valence-electron chi connectivity index (χ4n) is 13.7. The van der Waals surface area contributed by atoms with E-state index in [9.17, 15) is 29.7 Å². The zero-order chi connectivity index (χ0) is 101. The van der Waals surface area contributed by atoms with Crippen molar-refractivity contribution in [3.05, 3.63) is 153 Å². The Morgan fingerprint density at radius 2 is 0.964 bits per heavy atom. The molecule has 0 saturated carbocycles. The summed E-state index contributed by atoms with van der Waals surface area (Å²) in [5, 5.41) is 76.0. The van der Waals surface area contributed by atoms with Gasteiger partial charge in [0.1, 0.15) is 46.5 Å². The van der Waals surface area contributed by atoms with E-state index in [0.29, 0.717) is 102 Å². The Labute approximate surface area is 847 Å². The number of nitrogens with zero attached hydrogens (tertiary/aromatic N) is 23. The predicted octanol–water partition coefficient (Wildman–Crippen LogP) is 30.1. The van der Waals surface area contributed by atoms with E-state index in [1.807, 2.05) is 86.6 Å². The lowest BCUT2D eigenvalue weighted by molar-refractivity contribution is -0.160. The van der Waals surface area contributed by atoms with Crippen LogP contribution < -0.4 is 24.9 Å². The number of aryl methyl sites for hydroxylation is 1. The number of piperidine rings is 1. The molecule has 139 heavy (non-hydrogen) atoms. The predicted molar refractivity (Wildman–Crippen MR) is 568 cm³/mol. The zero-order valence-electron chi connectivity index (χ0n) is 83.2. The van der Waals surface area contributed by atoms with Crippen LogP contribution in [-0.2, 0) is 40.5 Å². The summed E-state index contributed by atoms with van der Waals surface area (Å²) >= 11 is 10.6. The van der Waals surface area contributed by atoms with Crippen LogP contribution >= 0.6 is 91.5 Å². The molecule has 0 spiro atoms. The number of hydrogen-bond acceptors (Lipinski definition) is 36. The maximum absolute atomic E-state index is 12.7. The number of carboxylic acid groups (broad SMARTS) is 1. The number of aromatic nitrogens is 8. The summed E-state index contributed by atoms with van der Waals surface area (Å²) in [7, 11) is 0. The van der Waals surface area contributed by atoms with E-state index in [0.717, 1.165) is 169 Å². The molecular weight excluding hydrogens is 1910 g/mol. The van der Waals surface area contributed by atoms with Gasteiger partial charge in [-0.3, -0.25) is 19.2 Å². The molecule has 12 aromatic rings. The van der Waals surface area contributed by atoms with Crippen molar-refractivity contribution >= 4 is 198 Å². The lowest BCUT2D eigenvalue weighted by Gasteiger charge is -2.33. The number of nitrogens with one attached hydrogen (secondary N) is 1. The van der Waals surface area contributed by atoms with Gasteiger partial charge in [0.25, 0.3) is 0 Å². The highest BCUT2D eigenvalue weighted by Gasteiger charge is 2.34. The van der Waals surface area contributed by atoms with E-state index in [-0.39, 0.29) is 54.8 Å². The molecule has 39 heteroatoms. The summed E-state index contributed by atoms with van der Waals surface area (Å²) in [5.74, 6) is -0.141. The number of carbonyl (C=O) groups is 4. The van der Waals surface area contributed by atoms with Crippen LogP contribution in [0.5, 0.6) is 0 Å². The maximum Gasteiger partial charge on any atom is 0.311 e. The number of nitriles is 2. The summed E-state index contributed by atoms with van der Waals surface area (Å²) in [6.07, 6.45) is 5.01. The molecule has 1 saturated heterocycles. The summed E-state index contributed by atoms with van der Waals surface area (Å²) in [6, 6.07) is 38.1. The van der Waals surface area contributed by atoms with Crippen LogP contribution in [0.2, 0.25) is 0 Å². The van der Waals surface area contributed by atoms with Gasteiger partial charge in [-0.2, -0.15) is 23.6 Å². The summed E-state index contributed by atoms with van der Waals surface area (Å²) in [6.45, 7) is 59.0. The topological polar surface area (TPSA) is 386 Å². The van der Waals surface area contributed by atoms with Crippen LogP contribution in [0.1, 0.15) is 259 Å². The molecule has 3 atom stereocenters. The van der Waals surface area contributed by atoms with E-state index in [1.54, 1.807) is 18.3 Å². The van der Waals surface area contributed by atoms with E-state index < -0.39 is 22.8 Å². The number of azo groups is 4. The van der Waals surface area contributed by atoms with E-state index in [4.69, 9.17) is 36.1 Å². The second-order valence-electron chi connectivity index (χ2n) is 35.6. The Morgan fingerprint density at radius 1 is 0.540 bits per heavy atom. The molecule has 9 heterocycles. The molecular formula is C100H124N24O7S8. The number of thiazole rings is 4. The second-order valence-corrected chi connectivity index (χ2v) is 42.5. The second kappa shape index (κ2) is 51.3. The van der Waals surface area contributed by atoms with Gasteiger partial charge in [0.2, 0.25) is 11.6 Å². The molecule has 0 radical (unpaired) electrons. The molecule has 1 amide bonds. The minimum atomic E-state index is -1.07. The Balaban J connectivity index is 0.000000192. The fourth-order valence-corrected chi connectivity index (χ4v) is 20.6. The third-order valence-corrected chi connectivity index (χ3v) is 30.7. The lowest BCUT2D eigenvalue weighted by atomic mass is 9.90. The van der Waals surface area contributed by atoms with Crippen molar-refractivity contribution in [1.82, 2.24) is 37.4 Å². The van der Waals surface area contributed by atoms with Gasteiger partial charge < -0.3 is 39.5 Å². The first-order valence-electron chi connectivity index (χ1n) is 46.9. The van der Waals surface area contributed by atoms with Crippen molar-refractivity contribution in [2.75, 3.05) is 83.9 Å². The molecule has 13 rings (SSSR count). The number of carboxylic acids is 1.